The first-order chi connectivity index (χ1) is 9.82. The highest BCUT2D eigenvalue weighted by Crippen LogP contribution is 2.33. The van der Waals surface area contributed by atoms with E-state index in [9.17, 15) is 23.3 Å². The Kier molecular flexibility index (Phi) is 4.26. The molecule has 1 unspecified atom stereocenters. The molecule has 8 heteroatoms. The van der Waals surface area contributed by atoms with Crippen LogP contribution in [0.5, 0.6) is 0 Å². The number of rotatable bonds is 4. The minimum Gasteiger partial charge on any atom is -0.365 e. The van der Waals surface area contributed by atoms with Crippen molar-refractivity contribution in [2.24, 2.45) is 5.92 Å². The lowest BCUT2D eigenvalue weighted by Crippen LogP contribution is -2.36. The van der Waals surface area contributed by atoms with Gasteiger partial charge in [-0.05, 0) is 25.0 Å². The summed E-state index contributed by atoms with van der Waals surface area (Å²) in [5.41, 5.74) is 0.114. The van der Waals surface area contributed by atoms with Crippen LogP contribution in [-0.2, 0) is 14.6 Å². The zero-order valence-electron chi connectivity index (χ0n) is 11.6. The van der Waals surface area contributed by atoms with E-state index in [1.165, 1.54) is 12.1 Å². The fraction of sp³-hybridized carbons (Fsp3) is 0.462. The summed E-state index contributed by atoms with van der Waals surface area (Å²) >= 11 is 0. The van der Waals surface area contributed by atoms with E-state index >= 15 is 0 Å². The van der Waals surface area contributed by atoms with E-state index in [1.807, 2.05) is 0 Å². The van der Waals surface area contributed by atoms with Gasteiger partial charge >= 0.3 is 0 Å². The van der Waals surface area contributed by atoms with Gasteiger partial charge in [-0.3, -0.25) is 10.1 Å². The summed E-state index contributed by atoms with van der Waals surface area (Å²) < 4.78 is 23.0. The quantitative estimate of drug-likeness (QED) is 0.474. The fourth-order valence-electron chi connectivity index (χ4n) is 2.49. The first-order valence-corrected chi connectivity index (χ1v) is 8.41. The zero-order valence-corrected chi connectivity index (χ0v) is 12.4. The van der Waals surface area contributed by atoms with Crippen molar-refractivity contribution < 1.29 is 18.1 Å². The monoisotopic (exact) mass is 312 g/mol. The molecule has 0 aliphatic carbocycles. The molecule has 0 aromatic heterocycles. The number of hydrogen-bond donors (Lipinski definition) is 0. The lowest BCUT2D eigenvalue weighted by atomic mass is 9.99. The Morgan fingerprint density at radius 2 is 2.14 bits per heavy atom. The van der Waals surface area contributed by atoms with Crippen LogP contribution >= 0.6 is 0 Å². The third kappa shape index (κ3) is 3.38. The van der Waals surface area contributed by atoms with Gasteiger partial charge in [0.1, 0.15) is 12.0 Å². The second-order valence-electron chi connectivity index (χ2n) is 5.16. The van der Waals surface area contributed by atoms with Crippen molar-refractivity contribution >= 4 is 27.5 Å². The summed E-state index contributed by atoms with van der Waals surface area (Å²) in [7, 11) is -3.50. The molecule has 1 aliphatic rings. The Hall–Kier alpha value is -1.96. The Labute approximate surface area is 122 Å². The molecule has 0 bridgehead atoms. The lowest BCUT2D eigenvalue weighted by molar-refractivity contribution is -0.384. The Bertz CT molecular complexity index is 671. The van der Waals surface area contributed by atoms with E-state index in [4.69, 9.17) is 0 Å². The first kappa shape index (κ1) is 15.4. The Morgan fingerprint density at radius 1 is 1.43 bits per heavy atom. The van der Waals surface area contributed by atoms with Crippen molar-refractivity contribution in [2.75, 3.05) is 24.2 Å². The molecule has 1 atom stereocenters. The highest BCUT2D eigenvalue weighted by Gasteiger charge is 2.26. The van der Waals surface area contributed by atoms with Crippen molar-refractivity contribution in [3.8, 4) is 0 Å². The molecule has 7 nitrogen and oxygen atoms in total. The molecule has 1 aromatic carbocycles. The average molecular weight is 312 g/mol. The van der Waals surface area contributed by atoms with Crippen molar-refractivity contribution in [3.05, 3.63) is 28.3 Å². The van der Waals surface area contributed by atoms with E-state index in [1.54, 1.807) is 4.90 Å². The van der Waals surface area contributed by atoms with Gasteiger partial charge < -0.3 is 9.69 Å². The van der Waals surface area contributed by atoms with Crippen LogP contribution in [0.15, 0.2) is 23.1 Å². The minimum atomic E-state index is -3.50. The number of carbonyl (C=O) groups is 1. The molecule has 21 heavy (non-hydrogen) atoms. The molecular formula is C13H16N2O5S. The molecule has 1 fully saturated rings. The highest BCUT2D eigenvalue weighted by molar-refractivity contribution is 7.90. The largest absolute Gasteiger partial charge is 0.365 e. The molecule has 2 rings (SSSR count). The second kappa shape index (κ2) is 5.80. The van der Waals surface area contributed by atoms with Gasteiger partial charge in [-0.1, -0.05) is 0 Å². The molecule has 1 heterocycles. The van der Waals surface area contributed by atoms with Crippen molar-refractivity contribution in [1.82, 2.24) is 0 Å². The molecule has 0 amide bonds. The normalized spacial score (nSPS) is 19.3. The molecule has 0 radical (unpaired) electrons. The summed E-state index contributed by atoms with van der Waals surface area (Å²) in [6.07, 6.45) is 3.42. The Morgan fingerprint density at radius 3 is 2.71 bits per heavy atom. The summed E-state index contributed by atoms with van der Waals surface area (Å²) in [6, 6.07) is 3.89. The third-order valence-corrected chi connectivity index (χ3v) is 4.67. The topological polar surface area (TPSA) is 97.6 Å². The van der Waals surface area contributed by atoms with Crippen molar-refractivity contribution in [3.63, 3.8) is 0 Å². The van der Waals surface area contributed by atoms with Crippen LogP contribution in [-0.4, -0.2) is 39.0 Å². The van der Waals surface area contributed by atoms with Gasteiger partial charge in [-0.15, -0.1) is 0 Å². The molecule has 1 aliphatic heterocycles. The van der Waals surface area contributed by atoms with Crippen LogP contribution in [0.4, 0.5) is 11.4 Å². The van der Waals surface area contributed by atoms with Gasteiger partial charge in [0.05, 0.1) is 9.82 Å². The van der Waals surface area contributed by atoms with E-state index < -0.39 is 14.8 Å². The smallest absolute Gasteiger partial charge is 0.293 e. The predicted octanol–water partition coefficient (Wildman–Crippen LogP) is 1.41. The molecular weight excluding hydrogens is 296 g/mol. The minimum absolute atomic E-state index is 0.0816. The number of anilines is 1. The maximum Gasteiger partial charge on any atom is 0.293 e. The van der Waals surface area contributed by atoms with E-state index in [0.717, 1.165) is 31.4 Å². The molecule has 1 saturated heterocycles. The van der Waals surface area contributed by atoms with Crippen LogP contribution in [0.2, 0.25) is 0 Å². The van der Waals surface area contributed by atoms with E-state index in [2.05, 4.69) is 0 Å². The molecule has 114 valence electrons. The average Bonchev–Trinajstić information content (AvgIpc) is 2.45. The van der Waals surface area contributed by atoms with Crippen LogP contribution in [0, 0.1) is 16.0 Å². The van der Waals surface area contributed by atoms with Gasteiger partial charge in [0, 0.05) is 31.3 Å². The summed E-state index contributed by atoms with van der Waals surface area (Å²) in [5.74, 6) is -0.145. The summed E-state index contributed by atoms with van der Waals surface area (Å²) in [4.78, 5) is 23.2. The SMILES string of the molecule is CS(=O)(=O)c1ccc(N2CCCC(C=O)C2)c([N+](=O)[O-])c1. The molecule has 0 N–H and O–H groups in total. The number of nitro benzene ring substituents is 1. The standard InChI is InChI=1S/C13H16N2O5S/c1-21(19,20)11-4-5-12(13(7-11)15(17)18)14-6-2-3-10(8-14)9-16/h4-5,7,9-10H,2-3,6,8H2,1H3. The van der Waals surface area contributed by atoms with Crippen LogP contribution in [0.1, 0.15) is 12.8 Å². The van der Waals surface area contributed by atoms with Crippen molar-refractivity contribution in [2.45, 2.75) is 17.7 Å². The fourth-order valence-corrected chi connectivity index (χ4v) is 3.13. The third-order valence-electron chi connectivity index (χ3n) is 3.56. The maximum absolute atomic E-state index is 11.5. The lowest BCUT2D eigenvalue weighted by Gasteiger charge is -2.31. The van der Waals surface area contributed by atoms with Crippen LogP contribution in [0.25, 0.3) is 0 Å². The van der Waals surface area contributed by atoms with E-state index in [0.29, 0.717) is 18.8 Å². The Balaban J connectivity index is 2.44. The number of nitrogens with zero attached hydrogens (tertiary/aromatic N) is 2. The van der Waals surface area contributed by atoms with Crippen molar-refractivity contribution in [1.29, 1.82) is 0 Å². The number of piperidine rings is 1. The molecule has 0 spiro atoms. The number of hydrogen-bond acceptors (Lipinski definition) is 6. The number of nitro groups is 1. The van der Waals surface area contributed by atoms with Gasteiger partial charge in [-0.2, -0.15) is 0 Å². The maximum atomic E-state index is 11.5. The van der Waals surface area contributed by atoms with Gasteiger partial charge in [0.15, 0.2) is 9.84 Å². The molecule has 0 saturated carbocycles. The van der Waals surface area contributed by atoms with Crippen LogP contribution < -0.4 is 4.90 Å². The number of aldehydes is 1. The summed E-state index contributed by atoms with van der Waals surface area (Å²) in [6.45, 7) is 1.03. The van der Waals surface area contributed by atoms with Crippen LogP contribution in [0.3, 0.4) is 0 Å². The van der Waals surface area contributed by atoms with Gasteiger partial charge in [-0.25, -0.2) is 8.42 Å². The first-order valence-electron chi connectivity index (χ1n) is 6.51. The van der Waals surface area contributed by atoms with Gasteiger partial charge in [0.2, 0.25) is 0 Å². The highest BCUT2D eigenvalue weighted by atomic mass is 32.2. The van der Waals surface area contributed by atoms with Gasteiger partial charge in [0.25, 0.3) is 5.69 Å². The summed E-state index contributed by atoms with van der Waals surface area (Å²) in [5, 5.41) is 11.2. The number of sulfone groups is 1. The number of benzene rings is 1. The zero-order chi connectivity index (χ0) is 15.6. The number of carbonyl (C=O) groups excluding carboxylic acids is 1. The van der Waals surface area contributed by atoms with E-state index in [-0.39, 0.29) is 16.5 Å². The molecule has 1 aromatic rings. The second-order valence-corrected chi connectivity index (χ2v) is 7.18. The predicted molar refractivity (Wildman–Crippen MR) is 77.2 cm³/mol.